The van der Waals surface area contributed by atoms with E-state index in [9.17, 15) is 8.42 Å². The number of hydrogen-bond acceptors (Lipinski definition) is 6. The molecule has 2 rings (SSSR count). The van der Waals surface area contributed by atoms with Crippen LogP contribution in [-0.2, 0) is 9.84 Å². The molecule has 6 nitrogen and oxygen atoms in total. The average molecular weight is 242 g/mol. The van der Waals surface area contributed by atoms with Gasteiger partial charge in [-0.3, -0.25) is 0 Å². The molecule has 0 aliphatic carbocycles. The molecular weight excluding hydrogens is 228 g/mol. The predicted octanol–water partition coefficient (Wildman–Crippen LogP) is -0.710. The second-order valence-electron chi connectivity index (χ2n) is 3.72. The molecule has 0 amide bonds. The molecule has 1 aromatic rings. The summed E-state index contributed by atoms with van der Waals surface area (Å²) in [6, 6.07) is 0. The molecule has 0 bridgehead atoms. The molecule has 1 aliphatic rings. The minimum absolute atomic E-state index is 0.205. The number of sulfone groups is 1. The Morgan fingerprint density at radius 3 is 2.69 bits per heavy atom. The summed E-state index contributed by atoms with van der Waals surface area (Å²) in [6.45, 7) is 3.21. The maximum absolute atomic E-state index is 11.6. The monoisotopic (exact) mass is 242 g/mol. The molecule has 1 saturated heterocycles. The van der Waals surface area contributed by atoms with E-state index in [1.54, 1.807) is 0 Å². The number of piperazine rings is 1. The maximum atomic E-state index is 11.6. The van der Waals surface area contributed by atoms with Gasteiger partial charge in [0.2, 0.25) is 0 Å². The highest BCUT2D eigenvalue weighted by Gasteiger charge is 2.20. The lowest BCUT2D eigenvalue weighted by Gasteiger charge is -2.29. The molecule has 1 fully saturated rings. The Hall–Kier alpha value is -1.21. The number of nitrogens with one attached hydrogen (secondary N) is 1. The van der Waals surface area contributed by atoms with Gasteiger partial charge in [0.25, 0.3) is 0 Å². The summed E-state index contributed by atoms with van der Waals surface area (Å²) in [5.74, 6) is 0.513. The van der Waals surface area contributed by atoms with Crippen molar-refractivity contribution in [2.75, 3.05) is 37.3 Å². The highest BCUT2D eigenvalue weighted by molar-refractivity contribution is 7.90. The van der Waals surface area contributed by atoms with Gasteiger partial charge in [0, 0.05) is 32.4 Å². The molecule has 0 radical (unpaired) electrons. The van der Waals surface area contributed by atoms with Crippen LogP contribution in [0.5, 0.6) is 0 Å². The van der Waals surface area contributed by atoms with Gasteiger partial charge in [0.15, 0.2) is 15.7 Å². The van der Waals surface area contributed by atoms with Gasteiger partial charge in [-0.1, -0.05) is 0 Å². The second-order valence-corrected chi connectivity index (χ2v) is 5.70. The Morgan fingerprint density at radius 1 is 1.38 bits per heavy atom. The number of aromatic nitrogens is 2. The fourth-order valence-corrected chi connectivity index (χ4v) is 2.45. The highest BCUT2D eigenvalue weighted by atomic mass is 32.2. The minimum atomic E-state index is -3.27. The molecule has 7 heteroatoms. The molecule has 0 saturated carbocycles. The van der Waals surface area contributed by atoms with E-state index in [-0.39, 0.29) is 4.90 Å². The van der Waals surface area contributed by atoms with Crippen molar-refractivity contribution in [1.29, 1.82) is 0 Å². The standard InChI is InChI=1S/C9H14N4O2S/c1-16(14,15)8-6-11-7-12-9(8)13-4-2-10-3-5-13/h6-7,10H,2-5H2,1H3. The van der Waals surface area contributed by atoms with Crippen LogP contribution >= 0.6 is 0 Å². The number of nitrogens with zero attached hydrogens (tertiary/aromatic N) is 3. The van der Waals surface area contributed by atoms with Crippen LogP contribution in [0.4, 0.5) is 5.82 Å². The maximum Gasteiger partial charge on any atom is 0.180 e. The zero-order chi connectivity index (χ0) is 11.6. The first-order valence-corrected chi connectivity index (χ1v) is 6.94. The van der Waals surface area contributed by atoms with Crippen molar-refractivity contribution >= 4 is 15.7 Å². The van der Waals surface area contributed by atoms with Crippen LogP contribution in [0.15, 0.2) is 17.4 Å². The molecule has 0 spiro atoms. The lowest BCUT2D eigenvalue weighted by Crippen LogP contribution is -2.44. The van der Waals surface area contributed by atoms with E-state index >= 15 is 0 Å². The van der Waals surface area contributed by atoms with Crippen LogP contribution in [0.25, 0.3) is 0 Å². The number of hydrogen-bond donors (Lipinski definition) is 1. The third-order valence-corrected chi connectivity index (χ3v) is 3.56. The van der Waals surface area contributed by atoms with Crippen molar-refractivity contribution in [2.24, 2.45) is 0 Å². The van der Waals surface area contributed by atoms with Crippen LogP contribution in [0.3, 0.4) is 0 Å². The summed E-state index contributed by atoms with van der Waals surface area (Å²) in [4.78, 5) is 10.0. The molecule has 0 aromatic carbocycles. The number of anilines is 1. The summed E-state index contributed by atoms with van der Waals surface area (Å²) >= 11 is 0. The van der Waals surface area contributed by atoms with Crippen LogP contribution in [0.1, 0.15) is 0 Å². The first-order valence-electron chi connectivity index (χ1n) is 5.05. The van der Waals surface area contributed by atoms with E-state index < -0.39 is 9.84 Å². The van der Waals surface area contributed by atoms with Crippen LogP contribution in [0.2, 0.25) is 0 Å². The van der Waals surface area contributed by atoms with Crippen LogP contribution in [0, 0.1) is 0 Å². The molecular formula is C9H14N4O2S. The van der Waals surface area contributed by atoms with Gasteiger partial charge in [-0.2, -0.15) is 0 Å². The van der Waals surface area contributed by atoms with Gasteiger partial charge in [-0.05, 0) is 0 Å². The SMILES string of the molecule is CS(=O)(=O)c1cncnc1N1CCNCC1. The van der Waals surface area contributed by atoms with Crippen LogP contribution < -0.4 is 10.2 Å². The molecule has 1 N–H and O–H groups in total. The van der Waals surface area contributed by atoms with Crippen molar-refractivity contribution in [2.45, 2.75) is 4.90 Å². The van der Waals surface area contributed by atoms with E-state index in [0.717, 1.165) is 26.2 Å². The third-order valence-electron chi connectivity index (χ3n) is 2.47. The van der Waals surface area contributed by atoms with Crippen molar-refractivity contribution in [3.05, 3.63) is 12.5 Å². The highest BCUT2D eigenvalue weighted by Crippen LogP contribution is 2.21. The van der Waals surface area contributed by atoms with E-state index in [1.807, 2.05) is 4.90 Å². The molecule has 1 aromatic heterocycles. The molecule has 1 aliphatic heterocycles. The Bertz CT molecular complexity index is 468. The van der Waals surface area contributed by atoms with E-state index in [4.69, 9.17) is 0 Å². The van der Waals surface area contributed by atoms with E-state index in [1.165, 1.54) is 18.8 Å². The molecule has 16 heavy (non-hydrogen) atoms. The minimum Gasteiger partial charge on any atom is -0.353 e. The Balaban J connectivity index is 2.40. The van der Waals surface area contributed by atoms with E-state index in [0.29, 0.717) is 5.82 Å². The van der Waals surface area contributed by atoms with Gasteiger partial charge < -0.3 is 10.2 Å². The quantitative estimate of drug-likeness (QED) is 0.738. The zero-order valence-corrected chi connectivity index (χ0v) is 9.87. The Morgan fingerprint density at radius 2 is 2.06 bits per heavy atom. The van der Waals surface area contributed by atoms with Crippen molar-refractivity contribution < 1.29 is 8.42 Å². The molecule has 88 valence electrons. The Labute approximate surface area is 94.6 Å². The molecule has 0 atom stereocenters. The van der Waals surface area contributed by atoms with Crippen molar-refractivity contribution in [3.8, 4) is 0 Å². The zero-order valence-electron chi connectivity index (χ0n) is 9.05. The largest absolute Gasteiger partial charge is 0.353 e. The predicted molar refractivity (Wildman–Crippen MR) is 60.2 cm³/mol. The van der Waals surface area contributed by atoms with Gasteiger partial charge in [-0.25, -0.2) is 18.4 Å². The van der Waals surface area contributed by atoms with Gasteiger partial charge in [0.1, 0.15) is 11.2 Å². The van der Waals surface area contributed by atoms with Gasteiger partial charge in [-0.15, -0.1) is 0 Å². The fraction of sp³-hybridized carbons (Fsp3) is 0.556. The van der Waals surface area contributed by atoms with Gasteiger partial charge in [0.05, 0.1) is 6.20 Å². The van der Waals surface area contributed by atoms with Gasteiger partial charge >= 0.3 is 0 Å². The third kappa shape index (κ3) is 2.30. The smallest absolute Gasteiger partial charge is 0.180 e. The topological polar surface area (TPSA) is 75.2 Å². The molecule has 0 unspecified atom stereocenters. The van der Waals surface area contributed by atoms with Crippen molar-refractivity contribution in [3.63, 3.8) is 0 Å². The summed E-state index contributed by atoms with van der Waals surface area (Å²) in [5.41, 5.74) is 0. The Kier molecular flexibility index (Phi) is 3.06. The molecule has 2 heterocycles. The average Bonchev–Trinajstić information content (AvgIpc) is 2.29. The normalized spacial score (nSPS) is 17.4. The lowest BCUT2D eigenvalue weighted by molar-refractivity contribution is 0.575. The summed E-state index contributed by atoms with van der Waals surface area (Å²) in [5, 5.41) is 3.21. The second kappa shape index (κ2) is 4.34. The summed E-state index contributed by atoms with van der Waals surface area (Å²) in [6.07, 6.45) is 3.92. The first kappa shape index (κ1) is 11.3. The summed E-state index contributed by atoms with van der Waals surface area (Å²) < 4.78 is 23.1. The summed E-state index contributed by atoms with van der Waals surface area (Å²) in [7, 11) is -3.27. The lowest BCUT2D eigenvalue weighted by atomic mass is 10.3. The van der Waals surface area contributed by atoms with E-state index in [2.05, 4.69) is 15.3 Å². The first-order chi connectivity index (χ1) is 7.59. The fourth-order valence-electron chi connectivity index (χ4n) is 1.69. The van der Waals surface area contributed by atoms with Crippen molar-refractivity contribution in [1.82, 2.24) is 15.3 Å². The van der Waals surface area contributed by atoms with Crippen LogP contribution in [-0.4, -0.2) is 50.8 Å². The number of rotatable bonds is 2.